The maximum atomic E-state index is 9.73. The minimum atomic E-state index is -0.380. The van der Waals surface area contributed by atoms with E-state index < -0.39 is 0 Å². The molecule has 0 atom stereocenters. The maximum absolute atomic E-state index is 9.73. The summed E-state index contributed by atoms with van der Waals surface area (Å²) in [5.74, 6) is 0. The van der Waals surface area contributed by atoms with Gasteiger partial charge in [-0.2, -0.15) is 0 Å². The third-order valence-electron chi connectivity index (χ3n) is 0.315. The van der Waals surface area contributed by atoms with Crippen LogP contribution in [0.5, 0.6) is 0 Å². The van der Waals surface area contributed by atoms with E-state index in [0.717, 1.165) is 6.29 Å². The molecule has 0 aliphatic heterocycles. The highest BCUT2D eigenvalue weighted by Crippen LogP contribution is 2.35. The normalized spacial score (nSPS) is 11.3. The number of hydrogen-bond donors (Lipinski definition) is 0. The van der Waals surface area contributed by atoms with Crippen LogP contribution in [-0.2, 0) is 4.79 Å². The first-order valence-electron chi connectivity index (χ1n) is 1.56. The largest absolute Gasteiger partial charge is 0.303 e. The zero-order valence-electron chi connectivity index (χ0n) is 3.33. The van der Waals surface area contributed by atoms with Crippen LogP contribution in [0.2, 0.25) is 0 Å². The first-order chi connectivity index (χ1) is 3.06. The van der Waals surface area contributed by atoms with Gasteiger partial charge in [0.15, 0.2) is 0 Å². The van der Waals surface area contributed by atoms with Crippen LogP contribution < -0.4 is 0 Å². The van der Waals surface area contributed by atoms with E-state index >= 15 is 0 Å². The molecule has 0 aromatic heterocycles. The molecule has 4 heteroatoms. The quantitative estimate of drug-likeness (QED) is 0.536. The third-order valence-corrected chi connectivity index (χ3v) is 1.29. The van der Waals surface area contributed by atoms with Crippen molar-refractivity contribution in [3.63, 3.8) is 0 Å². The molecule has 0 saturated heterocycles. The Kier molecular flexibility index (Phi) is 3.71. The molecule has 0 radical (unpaired) electrons. The standard InChI is InChI=1S/C3H3Br3O/c4-3(5,6)1-2-7/h2H,1H2. The first-order valence-corrected chi connectivity index (χ1v) is 3.94. The Morgan fingerprint density at radius 1 is 1.43 bits per heavy atom. The van der Waals surface area contributed by atoms with E-state index in [1.54, 1.807) is 0 Å². The summed E-state index contributed by atoms with van der Waals surface area (Å²) in [5, 5.41) is 0. The third kappa shape index (κ3) is 7.11. The molecular formula is C3H3Br3O. The molecule has 0 fully saturated rings. The van der Waals surface area contributed by atoms with Gasteiger partial charge in [-0.15, -0.1) is 0 Å². The van der Waals surface area contributed by atoms with E-state index in [1.807, 2.05) is 0 Å². The van der Waals surface area contributed by atoms with Crippen LogP contribution in [0.3, 0.4) is 0 Å². The van der Waals surface area contributed by atoms with Crippen molar-refractivity contribution in [2.45, 2.75) is 8.56 Å². The first kappa shape index (κ1) is 8.11. The maximum Gasteiger partial charge on any atom is 0.141 e. The zero-order chi connectivity index (χ0) is 5.91. The average Bonchev–Trinajstić information content (AvgIpc) is 1.30. The summed E-state index contributed by atoms with van der Waals surface area (Å²) in [7, 11) is 0. The summed E-state index contributed by atoms with van der Waals surface area (Å²) in [5.41, 5.74) is 0. The zero-order valence-corrected chi connectivity index (χ0v) is 8.08. The molecule has 0 aliphatic rings. The molecule has 0 rings (SSSR count). The summed E-state index contributed by atoms with van der Waals surface area (Å²) < 4.78 is -0.380. The summed E-state index contributed by atoms with van der Waals surface area (Å²) in [4.78, 5) is 9.73. The van der Waals surface area contributed by atoms with Gasteiger partial charge in [-0.05, 0) is 0 Å². The van der Waals surface area contributed by atoms with Crippen molar-refractivity contribution < 1.29 is 4.79 Å². The van der Waals surface area contributed by atoms with Crippen LogP contribution in [0, 0.1) is 0 Å². The van der Waals surface area contributed by atoms with Crippen molar-refractivity contribution in [3.8, 4) is 0 Å². The molecular weight excluding hydrogens is 292 g/mol. The fraction of sp³-hybridized carbons (Fsp3) is 0.667. The van der Waals surface area contributed by atoms with Crippen molar-refractivity contribution in [1.82, 2.24) is 0 Å². The Bertz CT molecular complexity index is 65.1. The van der Waals surface area contributed by atoms with Gasteiger partial charge < -0.3 is 4.79 Å². The second-order valence-corrected chi connectivity index (χ2v) is 8.24. The SMILES string of the molecule is O=CCC(Br)(Br)Br. The molecule has 0 spiro atoms. The van der Waals surface area contributed by atoms with Crippen molar-refractivity contribution in [2.75, 3.05) is 0 Å². The molecule has 0 aromatic carbocycles. The van der Waals surface area contributed by atoms with Gasteiger partial charge in [-0.25, -0.2) is 0 Å². The van der Waals surface area contributed by atoms with Gasteiger partial charge in [-0.1, -0.05) is 47.8 Å². The van der Waals surface area contributed by atoms with Crippen molar-refractivity contribution >= 4 is 54.1 Å². The van der Waals surface area contributed by atoms with Gasteiger partial charge in [0.1, 0.15) is 8.43 Å². The molecule has 0 bridgehead atoms. The average molecular weight is 295 g/mol. The number of alkyl halides is 3. The molecule has 1 nitrogen and oxygen atoms in total. The lowest BCUT2D eigenvalue weighted by molar-refractivity contribution is -0.107. The molecule has 0 saturated carbocycles. The molecule has 0 N–H and O–H groups in total. The Hall–Kier alpha value is 1.11. The van der Waals surface area contributed by atoms with Crippen LogP contribution >= 0.6 is 47.8 Å². The molecule has 7 heavy (non-hydrogen) atoms. The lowest BCUT2D eigenvalue weighted by Crippen LogP contribution is -1.97. The highest BCUT2D eigenvalue weighted by atomic mass is 80.0. The Balaban J connectivity index is 3.34. The number of aldehydes is 1. The number of carbonyl (C=O) groups is 1. The minimum absolute atomic E-state index is 0.380. The van der Waals surface area contributed by atoms with Crippen LogP contribution in [0.15, 0.2) is 0 Å². The second-order valence-electron chi connectivity index (χ2n) is 0.986. The van der Waals surface area contributed by atoms with E-state index in [2.05, 4.69) is 47.8 Å². The van der Waals surface area contributed by atoms with E-state index in [1.165, 1.54) is 0 Å². The van der Waals surface area contributed by atoms with E-state index in [-0.39, 0.29) is 2.14 Å². The predicted octanol–water partition coefficient (Wildman–Crippen LogP) is 2.41. The highest BCUT2D eigenvalue weighted by molar-refractivity contribution is 9.39. The molecule has 42 valence electrons. The van der Waals surface area contributed by atoms with Gasteiger partial charge >= 0.3 is 0 Å². The van der Waals surface area contributed by atoms with Gasteiger partial charge in [0, 0.05) is 6.42 Å². The van der Waals surface area contributed by atoms with E-state index in [0.29, 0.717) is 6.42 Å². The smallest absolute Gasteiger partial charge is 0.141 e. The fourth-order valence-electron chi connectivity index (χ4n) is 0.0945. The highest BCUT2D eigenvalue weighted by Gasteiger charge is 2.15. The van der Waals surface area contributed by atoms with E-state index in [9.17, 15) is 4.79 Å². The van der Waals surface area contributed by atoms with Gasteiger partial charge in [0.25, 0.3) is 0 Å². The van der Waals surface area contributed by atoms with Crippen molar-refractivity contribution in [2.24, 2.45) is 0 Å². The number of halogens is 3. The van der Waals surface area contributed by atoms with Crippen LogP contribution in [0.4, 0.5) is 0 Å². The van der Waals surface area contributed by atoms with Gasteiger partial charge in [0.2, 0.25) is 0 Å². The lowest BCUT2D eigenvalue weighted by atomic mass is 10.6. The molecule has 0 aromatic rings. The summed E-state index contributed by atoms with van der Waals surface area (Å²) in [6.07, 6.45) is 1.23. The molecule has 0 aliphatic carbocycles. The summed E-state index contributed by atoms with van der Waals surface area (Å²) in [6.45, 7) is 0. The van der Waals surface area contributed by atoms with Crippen LogP contribution in [0.25, 0.3) is 0 Å². The van der Waals surface area contributed by atoms with Crippen molar-refractivity contribution in [1.29, 1.82) is 0 Å². The number of hydrogen-bond acceptors (Lipinski definition) is 1. The van der Waals surface area contributed by atoms with Crippen LogP contribution in [-0.4, -0.2) is 8.43 Å². The molecule has 0 amide bonds. The second kappa shape index (κ2) is 3.20. The fourth-order valence-corrected chi connectivity index (χ4v) is 0.491. The molecule has 0 unspecified atom stereocenters. The van der Waals surface area contributed by atoms with Gasteiger partial charge in [0.05, 0.1) is 0 Å². The lowest BCUT2D eigenvalue weighted by Gasteiger charge is -2.03. The molecule has 0 heterocycles. The van der Waals surface area contributed by atoms with Crippen molar-refractivity contribution in [3.05, 3.63) is 0 Å². The Labute approximate surface area is 67.2 Å². The Morgan fingerprint density at radius 3 is 1.86 bits per heavy atom. The number of rotatable bonds is 1. The summed E-state index contributed by atoms with van der Waals surface area (Å²) >= 11 is 9.42. The number of carbonyl (C=O) groups excluding carboxylic acids is 1. The predicted molar refractivity (Wildman–Crippen MR) is 40.2 cm³/mol. The summed E-state index contributed by atoms with van der Waals surface area (Å²) in [6, 6.07) is 0. The van der Waals surface area contributed by atoms with E-state index in [4.69, 9.17) is 0 Å². The topological polar surface area (TPSA) is 17.1 Å². The van der Waals surface area contributed by atoms with Crippen LogP contribution in [0.1, 0.15) is 6.42 Å². The Morgan fingerprint density at radius 2 is 1.86 bits per heavy atom. The van der Waals surface area contributed by atoms with Gasteiger partial charge in [-0.3, -0.25) is 0 Å². The minimum Gasteiger partial charge on any atom is -0.303 e. The monoisotopic (exact) mass is 292 g/mol.